The zero-order valence-corrected chi connectivity index (χ0v) is 10.4. The van der Waals surface area contributed by atoms with E-state index in [9.17, 15) is 9.18 Å². The number of ether oxygens (including phenoxy) is 1. The van der Waals surface area contributed by atoms with Gasteiger partial charge in [0.05, 0.1) is 12.4 Å². The van der Waals surface area contributed by atoms with Gasteiger partial charge in [0.25, 0.3) is 0 Å². The number of aromatic nitrogens is 2. The number of carboxylic acids is 1. The number of hydrogen-bond donors (Lipinski definition) is 1. The first-order valence-electron chi connectivity index (χ1n) is 4.74. The van der Waals surface area contributed by atoms with Gasteiger partial charge in [-0.15, -0.1) is 0 Å². The van der Waals surface area contributed by atoms with E-state index in [4.69, 9.17) is 9.84 Å². The minimum Gasteiger partial charge on any atom is -0.476 e. The van der Waals surface area contributed by atoms with E-state index in [0.29, 0.717) is 4.47 Å². The Labute approximate surface area is 109 Å². The molecule has 0 bridgehead atoms. The Hall–Kier alpha value is -2.02. The summed E-state index contributed by atoms with van der Waals surface area (Å²) in [6, 6.07) is 3.95. The minimum absolute atomic E-state index is 0.0209. The molecule has 0 fully saturated rings. The monoisotopic (exact) mass is 312 g/mol. The molecule has 0 radical (unpaired) electrons. The van der Waals surface area contributed by atoms with E-state index >= 15 is 0 Å². The van der Waals surface area contributed by atoms with Gasteiger partial charge in [-0.05, 0) is 12.1 Å². The van der Waals surface area contributed by atoms with Gasteiger partial charge in [0, 0.05) is 10.5 Å². The van der Waals surface area contributed by atoms with Crippen LogP contribution < -0.4 is 4.74 Å². The SMILES string of the molecule is O=C(O)c1cncc(Oc2cc(F)cc(Br)c2)n1. The molecule has 92 valence electrons. The summed E-state index contributed by atoms with van der Waals surface area (Å²) in [5.74, 6) is -1.53. The number of aromatic carboxylic acids is 1. The molecule has 0 aliphatic heterocycles. The molecule has 0 spiro atoms. The van der Waals surface area contributed by atoms with Gasteiger partial charge < -0.3 is 9.84 Å². The maximum Gasteiger partial charge on any atom is 0.356 e. The molecule has 5 nitrogen and oxygen atoms in total. The molecule has 1 aromatic heterocycles. The molecule has 2 aromatic rings. The summed E-state index contributed by atoms with van der Waals surface area (Å²) in [6.07, 6.45) is 2.34. The van der Waals surface area contributed by atoms with Crippen LogP contribution in [-0.4, -0.2) is 21.0 Å². The second kappa shape index (κ2) is 5.09. The van der Waals surface area contributed by atoms with Gasteiger partial charge in [-0.1, -0.05) is 15.9 Å². The molecule has 1 aromatic carbocycles. The van der Waals surface area contributed by atoms with Crippen LogP contribution in [-0.2, 0) is 0 Å². The molecule has 0 amide bonds. The van der Waals surface area contributed by atoms with Crippen LogP contribution in [0.5, 0.6) is 11.6 Å². The van der Waals surface area contributed by atoms with Crippen LogP contribution in [0, 0.1) is 5.82 Å². The highest BCUT2D eigenvalue weighted by molar-refractivity contribution is 9.10. The maximum atomic E-state index is 13.1. The third-order valence-corrected chi connectivity index (χ3v) is 2.35. The van der Waals surface area contributed by atoms with E-state index < -0.39 is 11.8 Å². The lowest BCUT2D eigenvalue weighted by molar-refractivity contribution is 0.0689. The van der Waals surface area contributed by atoms with Gasteiger partial charge in [-0.25, -0.2) is 14.2 Å². The second-order valence-electron chi connectivity index (χ2n) is 3.25. The predicted octanol–water partition coefficient (Wildman–Crippen LogP) is 2.87. The van der Waals surface area contributed by atoms with Gasteiger partial charge in [-0.3, -0.25) is 4.98 Å². The predicted molar refractivity (Wildman–Crippen MR) is 63.2 cm³/mol. The Balaban J connectivity index is 2.28. The average Bonchev–Trinajstić information content (AvgIpc) is 2.27. The molecule has 0 saturated carbocycles. The van der Waals surface area contributed by atoms with Crippen molar-refractivity contribution in [3.05, 3.63) is 46.6 Å². The number of benzene rings is 1. The van der Waals surface area contributed by atoms with Crippen molar-refractivity contribution in [1.29, 1.82) is 0 Å². The summed E-state index contributed by atoms with van der Waals surface area (Å²) >= 11 is 3.11. The first-order valence-corrected chi connectivity index (χ1v) is 5.53. The van der Waals surface area contributed by atoms with E-state index in [1.807, 2.05) is 0 Å². The molecule has 7 heteroatoms. The molecular formula is C11H6BrFN2O3. The van der Waals surface area contributed by atoms with Crippen molar-refractivity contribution in [3.8, 4) is 11.6 Å². The molecule has 0 aliphatic rings. The van der Waals surface area contributed by atoms with E-state index in [1.54, 1.807) is 0 Å². The van der Waals surface area contributed by atoms with Crippen molar-refractivity contribution in [2.24, 2.45) is 0 Å². The molecule has 2 rings (SSSR count). The molecule has 0 saturated heterocycles. The van der Waals surface area contributed by atoms with Gasteiger partial charge in [0.15, 0.2) is 5.69 Å². The third-order valence-electron chi connectivity index (χ3n) is 1.89. The number of rotatable bonds is 3. The van der Waals surface area contributed by atoms with Crippen molar-refractivity contribution >= 4 is 21.9 Å². The van der Waals surface area contributed by atoms with Gasteiger partial charge in [0.2, 0.25) is 5.88 Å². The van der Waals surface area contributed by atoms with Crippen molar-refractivity contribution in [2.75, 3.05) is 0 Å². The normalized spacial score (nSPS) is 10.1. The van der Waals surface area contributed by atoms with Crippen LogP contribution in [0.3, 0.4) is 0 Å². The van der Waals surface area contributed by atoms with Crippen molar-refractivity contribution in [3.63, 3.8) is 0 Å². The van der Waals surface area contributed by atoms with Crippen LogP contribution in [0.2, 0.25) is 0 Å². The number of carbonyl (C=O) groups is 1. The van der Waals surface area contributed by atoms with Crippen molar-refractivity contribution in [2.45, 2.75) is 0 Å². The van der Waals surface area contributed by atoms with E-state index in [0.717, 1.165) is 12.3 Å². The third kappa shape index (κ3) is 3.01. The fourth-order valence-electron chi connectivity index (χ4n) is 1.21. The largest absolute Gasteiger partial charge is 0.476 e. The summed E-state index contributed by atoms with van der Waals surface area (Å²) in [7, 11) is 0. The van der Waals surface area contributed by atoms with Crippen LogP contribution in [0.1, 0.15) is 10.5 Å². The molecule has 1 N–H and O–H groups in total. The fraction of sp³-hybridized carbons (Fsp3) is 0. The van der Waals surface area contributed by atoms with Crippen LogP contribution >= 0.6 is 15.9 Å². The first kappa shape index (κ1) is 12.4. The lowest BCUT2D eigenvalue weighted by Gasteiger charge is -2.05. The Morgan fingerprint density at radius 2 is 2.11 bits per heavy atom. The standard InChI is InChI=1S/C11H6BrFN2O3/c12-6-1-7(13)3-8(2-6)18-10-5-14-4-9(15-10)11(16)17/h1-5H,(H,16,17). The van der Waals surface area contributed by atoms with E-state index in [2.05, 4.69) is 25.9 Å². The van der Waals surface area contributed by atoms with E-state index in [1.165, 1.54) is 18.3 Å². The smallest absolute Gasteiger partial charge is 0.356 e. The number of hydrogen-bond acceptors (Lipinski definition) is 4. The quantitative estimate of drug-likeness (QED) is 0.943. The van der Waals surface area contributed by atoms with Crippen LogP contribution in [0.25, 0.3) is 0 Å². The van der Waals surface area contributed by atoms with E-state index in [-0.39, 0.29) is 17.3 Å². The van der Waals surface area contributed by atoms with Crippen molar-refractivity contribution < 1.29 is 19.0 Å². The number of halogens is 2. The molecular weight excluding hydrogens is 307 g/mol. The Kier molecular flexibility index (Phi) is 3.52. The molecule has 18 heavy (non-hydrogen) atoms. The highest BCUT2D eigenvalue weighted by Gasteiger charge is 2.08. The Bertz CT molecular complexity index is 586. The summed E-state index contributed by atoms with van der Waals surface area (Å²) in [4.78, 5) is 18.1. The van der Waals surface area contributed by atoms with Crippen molar-refractivity contribution in [1.82, 2.24) is 9.97 Å². The topological polar surface area (TPSA) is 72.3 Å². The molecule has 1 heterocycles. The maximum absolute atomic E-state index is 13.1. The lowest BCUT2D eigenvalue weighted by Crippen LogP contribution is -2.02. The van der Waals surface area contributed by atoms with Crippen LogP contribution in [0.15, 0.2) is 35.1 Å². The first-order chi connectivity index (χ1) is 8.54. The second-order valence-corrected chi connectivity index (χ2v) is 4.17. The van der Waals surface area contributed by atoms with Crippen LogP contribution in [0.4, 0.5) is 4.39 Å². The van der Waals surface area contributed by atoms with Gasteiger partial charge in [0.1, 0.15) is 11.6 Å². The Morgan fingerprint density at radius 1 is 1.33 bits per heavy atom. The summed E-state index contributed by atoms with van der Waals surface area (Å²) < 4.78 is 18.8. The number of carboxylic acid groups (broad SMARTS) is 1. The summed E-state index contributed by atoms with van der Waals surface area (Å²) in [5, 5.41) is 8.74. The average molecular weight is 313 g/mol. The molecule has 0 aliphatic carbocycles. The molecule has 0 atom stereocenters. The zero-order chi connectivity index (χ0) is 13.1. The highest BCUT2D eigenvalue weighted by atomic mass is 79.9. The fourth-order valence-corrected chi connectivity index (χ4v) is 1.65. The number of nitrogens with zero attached hydrogens (tertiary/aromatic N) is 2. The minimum atomic E-state index is -1.21. The molecule has 0 unspecified atom stereocenters. The Morgan fingerprint density at radius 3 is 2.78 bits per heavy atom. The lowest BCUT2D eigenvalue weighted by atomic mass is 10.3. The van der Waals surface area contributed by atoms with Gasteiger partial charge >= 0.3 is 5.97 Å². The van der Waals surface area contributed by atoms with Gasteiger partial charge in [-0.2, -0.15) is 0 Å². The summed E-state index contributed by atoms with van der Waals surface area (Å²) in [5.41, 5.74) is -0.247. The zero-order valence-electron chi connectivity index (χ0n) is 8.80. The highest BCUT2D eigenvalue weighted by Crippen LogP contribution is 2.24. The summed E-state index contributed by atoms with van der Waals surface area (Å²) in [6.45, 7) is 0.